The molecule has 12 aromatic rings. The fourth-order valence-corrected chi connectivity index (χ4v) is 11.9. The molecule has 4 heteroatoms. The van der Waals surface area contributed by atoms with E-state index < -0.39 is 0 Å². The maximum absolute atomic E-state index is 2.52. The van der Waals surface area contributed by atoms with Crippen molar-refractivity contribution in [3.8, 4) is 11.4 Å². The van der Waals surface area contributed by atoms with Crippen molar-refractivity contribution in [1.29, 1.82) is 0 Å². The van der Waals surface area contributed by atoms with E-state index >= 15 is 0 Å². The number of nitrogens with zero attached hydrogens (tertiary/aromatic N) is 4. The molecule has 0 saturated carbocycles. The molecule has 0 N–H and O–H groups in total. The summed E-state index contributed by atoms with van der Waals surface area (Å²) in [6, 6.07) is 83.0. The summed E-state index contributed by atoms with van der Waals surface area (Å²) < 4.78 is 4.93. The molecule has 13 rings (SSSR count). The van der Waals surface area contributed by atoms with E-state index in [9.17, 15) is 0 Å². The summed E-state index contributed by atoms with van der Waals surface area (Å²) in [5.41, 5.74) is 18.2. The van der Waals surface area contributed by atoms with E-state index in [1.54, 1.807) is 0 Å². The molecule has 360 valence electrons. The van der Waals surface area contributed by atoms with Gasteiger partial charge >= 0.3 is 0 Å². The monoisotopic (exact) mass is 956 g/mol. The van der Waals surface area contributed by atoms with Gasteiger partial charge in [0.15, 0.2) is 0 Å². The van der Waals surface area contributed by atoms with Gasteiger partial charge in [-0.2, -0.15) is 0 Å². The van der Waals surface area contributed by atoms with Crippen LogP contribution in [0.3, 0.4) is 0 Å². The van der Waals surface area contributed by atoms with Crippen molar-refractivity contribution >= 4 is 94.5 Å². The number of fused-ring (bicyclic) bond motifs is 8. The largest absolute Gasteiger partial charge is 0.313 e. The van der Waals surface area contributed by atoms with Gasteiger partial charge in [0.05, 0.1) is 27.9 Å². The Kier molecular flexibility index (Phi) is 10.7. The lowest BCUT2D eigenvalue weighted by Crippen LogP contribution is -2.14. The van der Waals surface area contributed by atoms with Gasteiger partial charge in [-0.25, -0.2) is 0 Å². The number of para-hydroxylation sites is 4. The van der Waals surface area contributed by atoms with Gasteiger partial charge in [-0.05, 0) is 126 Å². The van der Waals surface area contributed by atoms with Crippen LogP contribution in [0.2, 0.25) is 0 Å². The highest BCUT2D eigenvalue weighted by Crippen LogP contribution is 2.52. The molecular formula is C70H60N4. The highest BCUT2D eigenvalue weighted by Gasteiger charge is 2.30. The zero-order valence-corrected chi connectivity index (χ0v) is 43.1. The number of hydrogen-bond acceptors (Lipinski definition) is 2. The van der Waals surface area contributed by atoms with Crippen LogP contribution in [-0.4, -0.2) is 9.13 Å². The van der Waals surface area contributed by atoms with Gasteiger partial charge in [0, 0.05) is 83.1 Å². The van der Waals surface area contributed by atoms with E-state index in [2.05, 4.69) is 291 Å². The predicted molar refractivity (Wildman–Crippen MR) is 316 cm³/mol. The van der Waals surface area contributed by atoms with Crippen LogP contribution in [0.5, 0.6) is 0 Å². The van der Waals surface area contributed by atoms with Crippen molar-refractivity contribution in [3.63, 3.8) is 0 Å². The van der Waals surface area contributed by atoms with E-state index in [0.717, 1.165) is 52.7 Å². The number of hydrogen-bond donors (Lipinski definition) is 0. The lowest BCUT2D eigenvalue weighted by atomic mass is 9.79. The van der Waals surface area contributed by atoms with Gasteiger partial charge in [0.1, 0.15) is 0 Å². The van der Waals surface area contributed by atoms with E-state index in [4.69, 9.17) is 0 Å². The highest BCUT2D eigenvalue weighted by atomic mass is 15.2. The van der Waals surface area contributed by atoms with Gasteiger partial charge in [-0.1, -0.05) is 181 Å². The Labute approximate surface area is 434 Å². The maximum atomic E-state index is 2.52. The molecule has 1 aliphatic carbocycles. The average Bonchev–Trinajstić information content (AvgIpc) is 3.94. The molecule has 0 amide bonds. The first-order chi connectivity index (χ1) is 36.0. The van der Waals surface area contributed by atoms with Crippen molar-refractivity contribution in [3.05, 3.63) is 247 Å². The molecule has 0 spiro atoms. The molecule has 0 fully saturated rings. The molecule has 74 heavy (non-hydrogen) atoms. The number of anilines is 6. The van der Waals surface area contributed by atoms with Crippen molar-refractivity contribution in [2.24, 2.45) is 5.41 Å². The van der Waals surface area contributed by atoms with Crippen LogP contribution < -0.4 is 9.80 Å². The first-order valence-electron chi connectivity index (χ1n) is 26.2. The molecule has 0 bridgehead atoms. The number of rotatable bonds is 8. The average molecular weight is 957 g/mol. The predicted octanol–water partition coefficient (Wildman–Crippen LogP) is 19.6. The molecular weight excluding hydrogens is 897 g/mol. The van der Waals surface area contributed by atoms with Gasteiger partial charge in [0.2, 0.25) is 0 Å². The summed E-state index contributed by atoms with van der Waals surface area (Å²) >= 11 is 0. The van der Waals surface area contributed by atoms with Crippen LogP contribution in [-0.2, 0) is 11.8 Å². The van der Waals surface area contributed by atoms with Crippen LogP contribution in [0.25, 0.3) is 71.7 Å². The molecule has 4 nitrogen and oxygen atoms in total. The standard InChI is InChI=1S/C70H60N4/c1-69(2,3)47-35-39-63-59(43-47)61-45-53(37-41-65(61)73(63)51-27-15-9-16-28-51)71(49-23-11-7-12-24-49)67-55-31-19-21-33-57(55)68(58-34-22-20-32-56(58)67)72(50-25-13-8-14-26-50)54-38-42-66-62(46-54)60-44-48(70(4,5)6)36-40-64(60)74(66)52-29-17-10-18-30-52/h7-35,37-39,41-46H,36,40H2,1-6H3. The minimum absolute atomic E-state index is 0.0124. The van der Waals surface area contributed by atoms with Gasteiger partial charge in [-0.3, -0.25) is 0 Å². The van der Waals surface area contributed by atoms with E-state index in [1.807, 2.05) is 0 Å². The number of aromatic nitrogens is 2. The molecule has 0 aliphatic heterocycles. The Morgan fingerprint density at radius 3 is 1.22 bits per heavy atom. The smallest absolute Gasteiger partial charge is 0.0619 e. The van der Waals surface area contributed by atoms with Crippen molar-refractivity contribution in [1.82, 2.24) is 9.13 Å². The van der Waals surface area contributed by atoms with E-state index in [0.29, 0.717) is 0 Å². The van der Waals surface area contributed by atoms with Gasteiger partial charge in [0.25, 0.3) is 0 Å². The van der Waals surface area contributed by atoms with Crippen LogP contribution >= 0.6 is 0 Å². The summed E-state index contributed by atoms with van der Waals surface area (Å²) in [7, 11) is 0. The minimum Gasteiger partial charge on any atom is -0.313 e. The Balaban J connectivity index is 1.08. The van der Waals surface area contributed by atoms with Crippen LogP contribution in [0.15, 0.2) is 230 Å². The fourth-order valence-electron chi connectivity index (χ4n) is 11.9. The fraction of sp³-hybridized carbons (Fsp3) is 0.143. The summed E-state index contributed by atoms with van der Waals surface area (Å²) in [6.45, 7) is 14.0. The summed E-state index contributed by atoms with van der Waals surface area (Å²) in [5.74, 6) is 0. The molecule has 0 radical (unpaired) electrons. The molecule has 0 atom stereocenters. The lowest BCUT2D eigenvalue weighted by molar-refractivity contribution is 0.483. The summed E-state index contributed by atoms with van der Waals surface area (Å²) in [6.07, 6.45) is 4.56. The van der Waals surface area contributed by atoms with Crippen LogP contribution in [0.1, 0.15) is 64.8 Å². The normalized spacial score (nSPS) is 13.0. The zero-order chi connectivity index (χ0) is 50.3. The third-order valence-electron chi connectivity index (χ3n) is 15.5. The number of allylic oxidation sites excluding steroid dienone is 1. The van der Waals surface area contributed by atoms with Crippen LogP contribution in [0, 0.1) is 5.41 Å². The third kappa shape index (κ3) is 7.50. The molecule has 0 saturated heterocycles. The molecule has 1 aliphatic rings. The second-order valence-corrected chi connectivity index (χ2v) is 22.1. The first-order valence-corrected chi connectivity index (χ1v) is 26.2. The Hall–Kier alpha value is -8.60. The highest BCUT2D eigenvalue weighted by molar-refractivity contribution is 6.24. The van der Waals surface area contributed by atoms with E-state index in [-0.39, 0.29) is 10.8 Å². The first kappa shape index (κ1) is 45.3. The lowest BCUT2D eigenvalue weighted by Gasteiger charge is -2.33. The molecule has 10 aromatic carbocycles. The molecule has 2 heterocycles. The topological polar surface area (TPSA) is 16.3 Å². The number of benzene rings is 10. The van der Waals surface area contributed by atoms with Crippen molar-refractivity contribution in [2.45, 2.75) is 59.8 Å². The zero-order valence-electron chi connectivity index (χ0n) is 43.1. The third-order valence-corrected chi connectivity index (χ3v) is 15.5. The minimum atomic E-state index is -0.0124. The van der Waals surface area contributed by atoms with Gasteiger partial charge in [-0.15, -0.1) is 0 Å². The van der Waals surface area contributed by atoms with Crippen LogP contribution in [0.4, 0.5) is 34.1 Å². The maximum Gasteiger partial charge on any atom is 0.0619 e. The van der Waals surface area contributed by atoms with E-state index in [1.165, 1.54) is 82.3 Å². The quantitative estimate of drug-likeness (QED) is 0.111. The molecule has 0 unspecified atom stereocenters. The van der Waals surface area contributed by atoms with Gasteiger partial charge < -0.3 is 18.9 Å². The Morgan fingerprint density at radius 2 is 0.743 bits per heavy atom. The Morgan fingerprint density at radius 1 is 0.338 bits per heavy atom. The van der Waals surface area contributed by atoms with Crippen molar-refractivity contribution in [2.75, 3.05) is 9.80 Å². The Bertz CT molecular complexity index is 4070. The second-order valence-electron chi connectivity index (χ2n) is 22.1. The van der Waals surface area contributed by atoms with Crippen molar-refractivity contribution < 1.29 is 0 Å². The SMILES string of the molecule is CC(C)(C)C1=Cc2c(n(-c3ccccc3)c3ccc(N(c4ccccc4)c4c5ccccc5c(N(c5ccccc5)c5ccc6c(c5)c5cc(C(C)(C)C)ccc5n6-c5ccccc5)c5ccccc45)cc23)CC1. The summed E-state index contributed by atoms with van der Waals surface area (Å²) in [5, 5.41) is 8.40. The molecule has 2 aromatic heterocycles. The summed E-state index contributed by atoms with van der Waals surface area (Å²) in [4.78, 5) is 5.02. The second kappa shape index (κ2) is 17.6.